The molecule has 0 radical (unpaired) electrons. The van der Waals surface area contributed by atoms with Crippen molar-refractivity contribution < 1.29 is 4.21 Å². The summed E-state index contributed by atoms with van der Waals surface area (Å²) < 4.78 is 16.1. The predicted octanol–water partition coefficient (Wildman–Crippen LogP) is 4.06. The molecule has 2 N–H and O–H groups in total. The average Bonchev–Trinajstić information content (AvgIpc) is 3.16. The Kier molecular flexibility index (Phi) is 5.67. The van der Waals surface area contributed by atoms with Crippen molar-refractivity contribution >= 4 is 38.8 Å². The lowest BCUT2D eigenvalue weighted by Crippen LogP contribution is -2.29. The van der Waals surface area contributed by atoms with Gasteiger partial charge in [0.15, 0.2) is 11.6 Å². The fourth-order valence-corrected chi connectivity index (χ4v) is 5.29. The van der Waals surface area contributed by atoms with E-state index >= 15 is 0 Å². The Hall–Kier alpha value is -3.55. The smallest absolute Gasteiger partial charge is 0.229 e. The number of anilines is 4. The lowest BCUT2D eigenvalue weighted by molar-refractivity contribution is 0.282. The van der Waals surface area contributed by atoms with Crippen molar-refractivity contribution in [3.63, 3.8) is 0 Å². The van der Waals surface area contributed by atoms with Gasteiger partial charge in [-0.05, 0) is 66.8 Å². The number of nitrogens with one attached hydrogen (secondary N) is 2. The van der Waals surface area contributed by atoms with Gasteiger partial charge in [0.05, 0.1) is 6.20 Å². The number of aromatic nitrogens is 3. The van der Waals surface area contributed by atoms with Crippen LogP contribution >= 0.6 is 0 Å². The van der Waals surface area contributed by atoms with Crippen LogP contribution in [0.2, 0.25) is 0 Å². The number of hydrogen-bond donors (Lipinski definition) is 2. The van der Waals surface area contributed by atoms with Crippen molar-refractivity contribution in [2.24, 2.45) is 4.36 Å². The molecule has 0 bridgehead atoms. The Morgan fingerprint density at radius 2 is 2.03 bits per heavy atom. The highest BCUT2D eigenvalue weighted by molar-refractivity contribution is 7.92. The lowest BCUT2D eigenvalue weighted by Gasteiger charge is -2.30. The van der Waals surface area contributed by atoms with Crippen LogP contribution in [0.25, 0.3) is 0 Å². The van der Waals surface area contributed by atoms with Crippen molar-refractivity contribution in [1.82, 2.24) is 19.9 Å². The fraction of sp³-hybridized carbons (Fsp3) is 0.333. The van der Waals surface area contributed by atoms with Crippen LogP contribution in [-0.4, -0.2) is 50.2 Å². The maximum absolute atomic E-state index is 12.0. The summed E-state index contributed by atoms with van der Waals surface area (Å²) in [5.74, 6) is 2.14. The summed E-state index contributed by atoms with van der Waals surface area (Å²) in [6.45, 7) is 2.06. The van der Waals surface area contributed by atoms with Crippen LogP contribution in [-0.2, 0) is 22.7 Å². The first-order valence-corrected chi connectivity index (χ1v) is 13.4. The van der Waals surface area contributed by atoms with E-state index in [-0.39, 0.29) is 5.56 Å². The molecular weight excluding hydrogens is 448 g/mol. The van der Waals surface area contributed by atoms with Crippen molar-refractivity contribution in [2.75, 3.05) is 36.7 Å². The van der Waals surface area contributed by atoms with Crippen LogP contribution in [0.4, 0.5) is 29.1 Å². The molecule has 0 amide bonds. The van der Waals surface area contributed by atoms with Crippen LogP contribution in [0.1, 0.15) is 34.6 Å². The van der Waals surface area contributed by atoms with Gasteiger partial charge in [0.1, 0.15) is 17.5 Å². The molecule has 34 heavy (non-hydrogen) atoms. The SMILES string of the molecule is CN1Cc2cc(Nc3ncc(C#N)c(Nc4cccc(N=S(C)(C)=O)n4)n3)cc3c2[C@@H](CC3)C1. The molecule has 1 aliphatic heterocycles. The molecule has 10 heteroatoms. The van der Waals surface area contributed by atoms with Gasteiger partial charge in [-0.15, -0.1) is 0 Å². The molecule has 3 heterocycles. The molecule has 0 spiro atoms. The first kappa shape index (κ1) is 22.3. The van der Waals surface area contributed by atoms with Crippen LogP contribution in [0, 0.1) is 11.3 Å². The molecule has 1 aromatic carbocycles. The number of likely N-dealkylation sites (N-methyl/N-ethyl adjacent to an activating group) is 1. The quantitative estimate of drug-likeness (QED) is 0.568. The highest BCUT2D eigenvalue weighted by atomic mass is 32.2. The zero-order valence-corrected chi connectivity index (χ0v) is 20.2. The zero-order chi connectivity index (χ0) is 23.9. The maximum atomic E-state index is 12.0. The van der Waals surface area contributed by atoms with E-state index in [4.69, 9.17) is 0 Å². The van der Waals surface area contributed by atoms with E-state index in [2.05, 4.69) is 60.1 Å². The summed E-state index contributed by atoms with van der Waals surface area (Å²) in [5.41, 5.74) is 5.51. The Labute approximate surface area is 199 Å². The maximum Gasteiger partial charge on any atom is 0.229 e. The molecular formula is C24H26N8OS. The molecule has 1 aliphatic carbocycles. The second-order valence-electron chi connectivity index (χ2n) is 9.11. The van der Waals surface area contributed by atoms with Gasteiger partial charge in [-0.3, -0.25) is 0 Å². The number of rotatable bonds is 5. The van der Waals surface area contributed by atoms with Crippen LogP contribution in [0.3, 0.4) is 0 Å². The van der Waals surface area contributed by atoms with Gasteiger partial charge in [-0.25, -0.2) is 14.2 Å². The first-order chi connectivity index (χ1) is 16.3. The largest absolute Gasteiger partial charge is 0.324 e. The topological polar surface area (TPSA) is 119 Å². The molecule has 5 rings (SSSR count). The summed E-state index contributed by atoms with van der Waals surface area (Å²) in [6, 6.07) is 11.7. The van der Waals surface area contributed by atoms with Gasteiger partial charge < -0.3 is 15.5 Å². The van der Waals surface area contributed by atoms with Crippen LogP contribution in [0.5, 0.6) is 0 Å². The second kappa shape index (κ2) is 8.66. The molecule has 174 valence electrons. The van der Waals surface area contributed by atoms with Gasteiger partial charge in [0.25, 0.3) is 0 Å². The predicted molar refractivity (Wildman–Crippen MR) is 133 cm³/mol. The number of aryl methyl sites for hydroxylation is 1. The van der Waals surface area contributed by atoms with Crippen molar-refractivity contribution in [2.45, 2.75) is 25.3 Å². The minimum absolute atomic E-state index is 0.290. The van der Waals surface area contributed by atoms with Crippen molar-refractivity contribution in [3.8, 4) is 6.07 Å². The molecule has 0 saturated carbocycles. The number of nitriles is 1. The Bertz CT molecular complexity index is 1430. The van der Waals surface area contributed by atoms with E-state index in [1.54, 1.807) is 30.7 Å². The minimum Gasteiger partial charge on any atom is -0.324 e. The van der Waals surface area contributed by atoms with Gasteiger partial charge >= 0.3 is 0 Å². The Morgan fingerprint density at radius 3 is 2.82 bits per heavy atom. The summed E-state index contributed by atoms with van der Waals surface area (Å²) in [4.78, 5) is 15.6. The molecule has 0 unspecified atom stereocenters. The van der Waals surface area contributed by atoms with E-state index < -0.39 is 9.73 Å². The summed E-state index contributed by atoms with van der Waals surface area (Å²) >= 11 is 0. The average molecular weight is 475 g/mol. The Balaban J connectivity index is 1.43. The third-order valence-corrected chi connectivity index (χ3v) is 6.58. The molecule has 9 nitrogen and oxygen atoms in total. The first-order valence-electron chi connectivity index (χ1n) is 11.1. The van der Waals surface area contributed by atoms with E-state index in [0.29, 0.717) is 29.3 Å². The van der Waals surface area contributed by atoms with E-state index in [1.807, 2.05) is 0 Å². The lowest BCUT2D eigenvalue weighted by atomic mass is 9.91. The number of nitrogens with zero attached hydrogens (tertiary/aromatic N) is 6. The summed E-state index contributed by atoms with van der Waals surface area (Å²) in [7, 11) is -0.175. The highest BCUT2D eigenvalue weighted by Gasteiger charge is 2.30. The third-order valence-electron chi connectivity index (χ3n) is 5.95. The van der Waals surface area contributed by atoms with E-state index in [0.717, 1.165) is 25.2 Å². The standard InChI is InChI=1S/C24H26N8OS/c1-32-13-16-8-7-15-9-19(10-17(14-32)22(15)16)27-24-26-12-18(11-25)23(30-24)29-20-5-4-6-21(28-20)31-34(2,3)33/h4-6,9-10,12,16H,7-8,13-14H2,1-3H3,(H2,26,27,28,29,30)/t16-/m0/s1. The fourth-order valence-electron chi connectivity index (χ4n) is 4.74. The monoisotopic (exact) mass is 474 g/mol. The molecule has 3 aromatic rings. The molecule has 2 aromatic heterocycles. The minimum atomic E-state index is -2.34. The van der Waals surface area contributed by atoms with Crippen LogP contribution in [0.15, 0.2) is 40.9 Å². The highest BCUT2D eigenvalue weighted by Crippen LogP contribution is 2.41. The van der Waals surface area contributed by atoms with Gasteiger partial charge in [0.2, 0.25) is 5.95 Å². The van der Waals surface area contributed by atoms with Crippen molar-refractivity contribution in [1.29, 1.82) is 5.26 Å². The molecule has 0 fully saturated rings. The molecule has 0 saturated heterocycles. The summed E-state index contributed by atoms with van der Waals surface area (Å²) in [6.07, 6.45) is 6.87. The number of pyridine rings is 1. The Morgan fingerprint density at radius 1 is 1.21 bits per heavy atom. The van der Waals surface area contributed by atoms with Crippen molar-refractivity contribution in [3.05, 3.63) is 58.8 Å². The van der Waals surface area contributed by atoms with E-state index in [1.165, 1.54) is 29.3 Å². The van der Waals surface area contributed by atoms with E-state index in [9.17, 15) is 9.47 Å². The number of benzene rings is 1. The van der Waals surface area contributed by atoms with Crippen LogP contribution < -0.4 is 10.6 Å². The van der Waals surface area contributed by atoms with Gasteiger partial charge in [-0.1, -0.05) is 6.07 Å². The van der Waals surface area contributed by atoms with Gasteiger partial charge in [-0.2, -0.15) is 14.6 Å². The van der Waals surface area contributed by atoms with Gasteiger partial charge in [0, 0.05) is 41.0 Å². The molecule has 1 atom stereocenters. The normalized spacial score (nSPS) is 17.1. The zero-order valence-electron chi connectivity index (χ0n) is 19.4. The number of hydrogen-bond acceptors (Lipinski definition) is 9. The molecule has 2 aliphatic rings. The second-order valence-corrected chi connectivity index (χ2v) is 11.7. The third kappa shape index (κ3) is 4.71. The summed E-state index contributed by atoms with van der Waals surface area (Å²) in [5, 5.41) is 15.9.